The fourth-order valence-corrected chi connectivity index (χ4v) is 3.12. The van der Waals surface area contributed by atoms with Crippen molar-refractivity contribution in [1.29, 1.82) is 0 Å². The summed E-state index contributed by atoms with van der Waals surface area (Å²) in [4.78, 5) is 14.2. The van der Waals surface area contributed by atoms with E-state index in [2.05, 4.69) is 26.0 Å². The van der Waals surface area contributed by atoms with Crippen LogP contribution in [0.15, 0.2) is 30.3 Å². The van der Waals surface area contributed by atoms with Crippen LogP contribution in [-0.2, 0) is 9.53 Å². The van der Waals surface area contributed by atoms with Crippen LogP contribution in [0.25, 0.3) is 0 Å². The normalized spacial score (nSPS) is 39.2. The molecule has 1 aromatic carbocycles. The fourth-order valence-electron chi connectivity index (χ4n) is 3.12. The SMILES string of the molecule is C[C@@H]1[C@@H](C)C(=O)N2[C@@H](C)[C@@H](c3ccccc3)O[C@@H]12. The number of carbonyl (C=O) groups is 1. The summed E-state index contributed by atoms with van der Waals surface area (Å²) in [6, 6.07) is 10.3. The molecule has 1 amide bonds. The summed E-state index contributed by atoms with van der Waals surface area (Å²) >= 11 is 0. The molecule has 0 aliphatic carbocycles. The minimum atomic E-state index is -0.0484. The second-order valence-corrected chi connectivity index (χ2v) is 5.49. The zero-order valence-electron chi connectivity index (χ0n) is 11.0. The lowest BCUT2D eigenvalue weighted by atomic mass is 9.98. The number of ether oxygens (including phenoxy) is 1. The van der Waals surface area contributed by atoms with E-state index in [9.17, 15) is 4.79 Å². The minimum absolute atomic E-state index is 0.00935. The molecule has 96 valence electrons. The molecule has 3 rings (SSSR count). The molecule has 0 aromatic heterocycles. The van der Waals surface area contributed by atoms with Gasteiger partial charge >= 0.3 is 0 Å². The van der Waals surface area contributed by atoms with Gasteiger partial charge in [-0.1, -0.05) is 44.2 Å². The number of nitrogens with zero attached hydrogens (tertiary/aromatic N) is 1. The highest BCUT2D eigenvalue weighted by Crippen LogP contribution is 2.44. The van der Waals surface area contributed by atoms with E-state index in [1.165, 1.54) is 0 Å². The zero-order valence-corrected chi connectivity index (χ0v) is 11.0. The molecule has 2 saturated heterocycles. The van der Waals surface area contributed by atoms with Crippen LogP contribution in [-0.4, -0.2) is 23.1 Å². The number of benzene rings is 1. The third kappa shape index (κ3) is 1.50. The first-order chi connectivity index (χ1) is 8.61. The van der Waals surface area contributed by atoms with Crippen molar-refractivity contribution in [1.82, 2.24) is 4.90 Å². The first-order valence-corrected chi connectivity index (χ1v) is 6.64. The summed E-state index contributed by atoms with van der Waals surface area (Å²) in [5.74, 6) is 0.585. The maximum absolute atomic E-state index is 12.2. The fraction of sp³-hybridized carbons (Fsp3) is 0.533. The van der Waals surface area contributed by atoms with Gasteiger partial charge in [0.05, 0.1) is 6.04 Å². The lowest BCUT2D eigenvalue weighted by Gasteiger charge is -2.21. The molecule has 3 nitrogen and oxygen atoms in total. The highest BCUT2D eigenvalue weighted by molar-refractivity contribution is 5.82. The number of amides is 1. The van der Waals surface area contributed by atoms with Gasteiger partial charge in [-0.3, -0.25) is 4.79 Å². The van der Waals surface area contributed by atoms with Crippen LogP contribution in [0.5, 0.6) is 0 Å². The standard InChI is InChI=1S/C15H19NO2/c1-9-10(2)15-16(14(9)17)11(3)13(18-15)12-7-5-4-6-8-12/h4-11,13,15H,1-3H3/t9-,10-,11+,13+,15+/m1/s1. The molecule has 0 saturated carbocycles. The zero-order chi connectivity index (χ0) is 12.9. The predicted molar refractivity (Wildman–Crippen MR) is 68.7 cm³/mol. The van der Waals surface area contributed by atoms with Gasteiger partial charge in [0.2, 0.25) is 5.91 Å². The summed E-state index contributed by atoms with van der Waals surface area (Å²) in [5.41, 5.74) is 1.16. The molecule has 0 bridgehead atoms. The van der Waals surface area contributed by atoms with Gasteiger partial charge in [-0.25, -0.2) is 0 Å². The lowest BCUT2D eigenvalue weighted by molar-refractivity contribution is -0.133. The molecule has 0 N–H and O–H groups in total. The van der Waals surface area contributed by atoms with Crippen LogP contribution < -0.4 is 0 Å². The van der Waals surface area contributed by atoms with Crippen molar-refractivity contribution in [3.63, 3.8) is 0 Å². The quantitative estimate of drug-likeness (QED) is 0.761. The molecule has 18 heavy (non-hydrogen) atoms. The van der Waals surface area contributed by atoms with Crippen LogP contribution in [0, 0.1) is 11.8 Å². The van der Waals surface area contributed by atoms with Gasteiger partial charge in [0, 0.05) is 11.8 Å². The first-order valence-electron chi connectivity index (χ1n) is 6.64. The molecule has 2 fully saturated rings. The van der Waals surface area contributed by atoms with E-state index in [4.69, 9.17) is 4.74 Å². The molecular formula is C15H19NO2. The molecule has 3 heteroatoms. The van der Waals surface area contributed by atoms with E-state index < -0.39 is 0 Å². The molecule has 0 spiro atoms. The maximum atomic E-state index is 12.2. The topological polar surface area (TPSA) is 29.5 Å². The van der Waals surface area contributed by atoms with Gasteiger partial charge in [-0.2, -0.15) is 0 Å². The molecule has 2 heterocycles. The third-order valence-electron chi connectivity index (χ3n) is 4.45. The number of rotatable bonds is 1. The van der Waals surface area contributed by atoms with E-state index in [0.29, 0.717) is 0 Å². The van der Waals surface area contributed by atoms with Gasteiger partial charge in [0.15, 0.2) is 0 Å². The molecular weight excluding hydrogens is 226 g/mol. The van der Waals surface area contributed by atoms with E-state index in [-0.39, 0.29) is 36.1 Å². The van der Waals surface area contributed by atoms with Gasteiger partial charge in [0.1, 0.15) is 12.3 Å². The Morgan fingerprint density at radius 1 is 1.11 bits per heavy atom. The average molecular weight is 245 g/mol. The molecule has 5 atom stereocenters. The highest BCUT2D eigenvalue weighted by atomic mass is 16.5. The van der Waals surface area contributed by atoms with Crippen molar-refractivity contribution < 1.29 is 9.53 Å². The Hall–Kier alpha value is -1.35. The first kappa shape index (κ1) is 11.7. The molecule has 0 unspecified atom stereocenters. The Labute approximate surface area is 108 Å². The van der Waals surface area contributed by atoms with Crippen molar-refractivity contribution in [2.75, 3.05) is 0 Å². The number of hydrogen-bond donors (Lipinski definition) is 0. The summed E-state index contributed by atoms with van der Waals surface area (Å²) < 4.78 is 6.14. The molecule has 2 aliphatic rings. The third-order valence-corrected chi connectivity index (χ3v) is 4.45. The van der Waals surface area contributed by atoms with Gasteiger partial charge in [0.25, 0.3) is 0 Å². The second-order valence-electron chi connectivity index (χ2n) is 5.49. The summed E-state index contributed by atoms with van der Waals surface area (Å²) in [7, 11) is 0. The van der Waals surface area contributed by atoms with Crippen LogP contribution in [0.4, 0.5) is 0 Å². The minimum Gasteiger partial charge on any atom is -0.348 e. The van der Waals surface area contributed by atoms with E-state index in [0.717, 1.165) is 5.56 Å². The molecule has 0 radical (unpaired) electrons. The molecule has 1 aromatic rings. The predicted octanol–water partition coefficient (Wildman–Crippen LogP) is 2.59. The van der Waals surface area contributed by atoms with Crippen LogP contribution in [0.1, 0.15) is 32.4 Å². The summed E-state index contributed by atoms with van der Waals surface area (Å²) in [5, 5.41) is 0. The Morgan fingerprint density at radius 3 is 2.39 bits per heavy atom. The average Bonchev–Trinajstić information content (AvgIpc) is 2.84. The largest absolute Gasteiger partial charge is 0.348 e. The Balaban J connectivity index is 1.90. The summed E-state index contributed by atoms with van der Waals surface area (Å²) in [6.07, 6.45) is -0.0391. The van der Waals surface area contributed by atoms with Crippen molar-refractivity contribution in [3.05, 3.63) is 35.9 Å². The second kappa shape index (κ2) is 4.09. The van der Waals surface area contributed by atoms with Gasteiger partial charge in [-0.15, -0.1) is 0 Å². The summed E-state index contributed by atoms with van der Waals surface area (Å²) in [6.45, 7) is 6.19. The van der Waals surface area contributed by atoms with Crippen LogP contribution >= 0.6 is 0 Å². The van der Waals surface area contributed by atoms with Crippen LogP contribution in [0.3, 0.4) is 0 Å². The van der Waals surface area contributed by atoms with E-state index in [1.54, 1.807) is 0 Å². The van der Waals surface area contributed by atoms with Crippen molar-refractivity contribution in [3.8, 4) is 0 Å². The van der Waals surface area contributed by atoms with Gasteiger partial charge < -0.3 is 9.64 Å². The number of hydrogen-bond acceptors (Lipinski definition) is 2. The van der Waals surface area contributed by atoms with Crippen molar-refractivity contribution in [2.24, 2.45) is 11.8 Å². The highest BCUT2D eigenvalue weighted by Gasteiger charge is 2.53. The van der Waals surface area contributed by atoms with Crippen molar-refractivity contribution in [2.45, 2.75) is 39.1 Å². The Kier molecular flexibility index (Phi) is 2.67. The van der Waals surface area contributed by atoms with Gasteiger partial charge in [-0.05, 0) is 12.5 Å². The monoisotopic (exact) mass is 245 g/mol. The maximum Gasteiger partial charge on any atom is 0.228 e. The van der Waals surface area contributed by atoms with E-state index >= 15 is 0 Å². The lowest BCUT2D eigenvalue weighted by Crippen LogP contribution is -2.36. The number of carbonyl (C=O) groups excluding carboxylic acids is 1. The number of fused-ring (bicyclic) bond motifs is 1. The smallest absolute Gasteiger partial charge is 0.228 e. The van der Waals surface area contributed by atoms with E-state index in [1.807, 2.05) is 30.0 Å². The molecule has 2 aliphatic heterocycles. The Bertz CT molecular complexity index is 459. The van der Waals surface area contributed by atoms with Crippen LogP contribution in [0.2, 0.25) is 0 Å². The van der Waals surface area contributed by atoms with Crippen molar-refractivity contribution >= 4 is 5.91 Å². The Morgan fingerprint density at radius 2 is 1.78 bits per heavy atom.